The molecule has 1 saturated heterocycles. The van der Waals surface area contributed by atoms with Gasteiger partial charge in [0.2, 0.25) is 10.0 Å². The van der Waals surface area contributed by atoms with Crippen molar-refractivity contribution in [3.05, 3.63) is 28.2 Å². The van der Waals surface area contributed by atoms with Crippen molar-refractivity contribution in [2.75, 3.05) is 6.54 Å². The van der Waals surface area contributed by atoms with Crippen molar-refractivity contribution in [1.82, 2.24) is 4.31 Å². The molecule has 0 aromatic heterocycles. The number of nitrogens with zero attached hydrogens (tertiary/aromatic N) is 1. The summed E-state index contributed by atoms with van der Waals surface area (Å²) in [4.78, 5) is 0.329. The van der Waals surface area contributed by atoms with Crippen molar-refractivity contribution in [2.24, 2.45) is 5.73 Å². The van der Waals surface area contributed by atoms with Crippen molar-refractivity contribution in [1.29, 1.82) is 0 Å². The molecule has 1 atom stereocenters. The first-order chi connectivity index (χ1) is 9.00. The Labute approximate surface area is 123 Å². The van der Waals surface area contributed by atoms with E-state index in [1.807, 2.05) is 13.0 Å². The number of halogens is 1. The van der Waals surface area contributed by atoms with E-state index in [1.54, 1.807) is 16.4 Å². The average Bonchev–Trinajstić information content (AvgIpc) is 2.88. The van der Waals surface area contributed by atoms with Gasteiger partial charge in [-0.3, -0.25) is 0 Å². The second-order valence-corrected chi connectivity index (χ2v) is 7.50. The Bertz CT molecular complexity index is 560. The molecule has 1 aliphatic rings. The molecule has 0 spiro atoms. The molecule has 0 saturated carbocycles. The Morgan fingerprint density at radius 1 is 1.47 bits per heavy atom. The van der Waals surface area contributed by atoms with Crippen LogP contribution < -0.4 is 5.73 Å². The summed E-state index contributed by atoms with van der Waals surface area (Å²) < 4.78 is 27.7. The van der Waals surface area contributed by atoms with E-state index in [-0.39, 0.29) is 6.04 Å². The highest BCUT2D eigenvalue weighted by Crippen LogP contribution is 2.31. The quantitative estimate of drug-likeness (QED) is 0.910. The fourth-order valence-corrected chi connectivity index (χ4v) is 5.28. The summed E-state index contributed by atoms with van der Waals surface area (Å²) >= 11 is 3.34. The fourth-order valence-electron chi connectivity index (χ4n) is 2.53. The van der Waals surface area contributed by atoms with Gasteiger partial charge in [0.1, 0.15) is 0 Å². The Balaban J connectivity index is 2.44. The van der Waals surface area contributed by atoms with Crippen LogP contribution in [0.4, 0.5) is 0 Å². The van der Waals surface area contributed by atoms with Gasteiger partial charge in [-0.2, -0.15) is 4.31 Å². The molecule has 2 rings (SSSR count). The molecular formula is C13H19BrN2O2S. The van der Waals surface area contributed by atoms with Gasteiger partial charge in [0.25, 0.3) is 0 Å². The van der Waals surface area contributed by atoms with Gasteiger partial charge in [0.05, 0.1) is 4.90 Å². The van der Waals surface area contributed by atoms with Crippen molar-refractivity contribution < 1.29 is 8.42 Å². The van der Waals surface area contributed by atoms with Crippen molar-refractivity contribution >= 4 is 26.0 Å². The van der Waals surface area contributed by atoms with Gasteiger partial charge in [-0.25, -0.2) is 8.42 Å². The number of nitrogens with two attached hydrogens (primary N) is 1. The lowest BCUT2D eigenvalue weighted by Crippen LogP contribution is -2.35. The minimum absolute atomic E-state index is 0.124. The molecule has 4 nitrogen and oxygen atoms in total. The summed E-state index contributed by atoms with van der Waals surface area (Å²) in [5.74, 6) is 0. The van der Waals surface area contributed by atoms with E-state index in [1.165, 1.54) is 0 Å². The summed E-state index contributed by atoms with van der Waals surface area (Å²) in [5.41, 5.74) is 6.42. The zero-order valence-electron chi connectivity index (χ0n) is 11.0. The highest BCUT2D eigenvalue weighted by Gasteiger charge is 2.35. The summed E-state index contributed by atoms with van der Waals surface area (Å²) in [6.07, 6.45) is 2.74. The summed E-state index contributed by atoms with van der Waals surface area (Å²) in [6, 6.07) is 5.39. The minimum Gasteiger partial charge on any atom is -0.326 e. The second kappa shape index (κ2) is 5.91. The predicted molar refractivity (Wildman–Crippen MR) is 79.2 cm³/mol. The topological polar surface area (TPSA) is 63.4 Å². The summed E-state index contributed by atoms with van der Waals surface area (Å²) in [7, 11) is -3.43. The van der Waals surface area contributed by atoms with Crippen LogP contribution in [0.3, 0.4) is 0 Å². The van der Waals surface area contributed by atoms with E-state index in [9.17, 15) is 8.42 Å². The highest BCUT2D eigenvalue weighted by molar-refractivity contribution is 9.10. The number of hydrogen-bond acceptors (Lipinski definition) is 3. The number of hydrogen-bond donors (Lipinski definition) is 1. The maximum atomic E-state index is 12.7. The molecule has 2 N–H and O–H groups in total. The van der Waals surface area contributed by atoms with Crippen molar-refractivity contribution in [3.8, 4) is 0 Å². The van der Waals surface area contributed by atoms with Gasteiger partial charge in [-0.15, -0.1) is 0 Å². The third-order valence-corrected chi connectivity index (χ3v) is 6.56. The van der Waals surface area contributed by atoms with E-state index in [0.29, 0.717) is 22.5 Å². The molecule has 106 valence electrons. The largest absolute Gasteiger partial charge is 0.326 e. The first-order valence-corrected chi connectivity index (χ1v) is 8.74. The van der Waals surface area contributed by atoms with E-state index in [0.717, 1.165) is 24.8 Å². The van der Waals surface area contributed by atoms with E-state index < -0.39 is 10.0 Å². The van der Waals surface area contributed by atoms with Gasteiger partial charge in [-0.05, 0) is 52.9 Å². The summed E-state index contributed by atoms with van der Waals surface area (Å²) in [6.45, 7) is 2.98. The van der Waals surface area contributed by atoms with Crippen molar-refractivity contribution in [3.63, 3.8) is 0 Å². The lowest BCUT2D eigenvalue weighted by Gasteiger charge is -2.23. The molecule has 0 aliphatic carbocycles. The lowest BCUT2D eigenvalue weighted by molar-refractivity contribution is 0.379. The molecule has 19 heavy (non-hydrogen) atoms. The predicted octanol–water partition coefficient (Wildman–Crippen LogP) is 2.47. The number of rotatable bonds is 4. The Hall–Kier alpha value is -0.430. The fraction of sp³-hybridized carbons (Fsp3) is 0.538. The zero-order chi connectivity index (χ0) is 14.0. The molecule has 1 unspecified atom stereocenters. The van der Waals surface area contributed by atoms with Gasteiger partial charge in [0, 0.05) is 23.6 Å². The van der Waals surface area contributed by atoms with E-state index in [4.69, 9.17) is 5.73 Å². The Morgan fingerprint density at radius 2 is 2.21 bits per heavy atom. The SMILES string of the molecule is CCC1CCCN1S(=O)(=O)c1cc(CN)ccc1Br. The monoisotopic (exact) mass is 346 g/mol. The van der Waals surface area contributed by atoms with Crippen LogP contribution in [-0.4, -0.2) is 25.3 Å². The molecule has 1 aromatic rings. The highest BCUT2D eigenvalue weighted by atomic mass is 79.9. The van der Waals surface area contributed by atoms with Crippen LogP contribution in [0.1, 0.15) is 31.7 Å². The van der Waals surface area contributed by atoms with Crippen LogP contribution in [0.15, 0.2) is 27.6 Å². The molecule has 0 amide bonds. The summed E-state index contributed by atoms with van der Waals surface area (Å²) in [5, 5.41) is 0. The molecule has 1 fully saturated rings. The van der Waals surface area contributed by atoms with Gasteiger partial charge < -0.3 is 5.73 Å². The van der Waals surface area contributed by atoms with Crippen LogP contribution in [0, 0.1) is 0 Å². The number of benzene rings is 1. The van der Waals surface area contributed by atoms with Crippen LogP contribution in [0.2, 0.25) is 0 Å². The van der Waals surface area contributed by atoms with E-state index in [2.05, 4.69) is 15.9 Å². The van der Waals surface area contributed by atoms with Gasteiger partial charge in [-0.1, -0.05) is 13.0 Å². The normalized spacial score (nSPS) is 20.9. The van der Waals surface area contributed by atoms with E-state index >= 15 is 0 Å². The molecule has 6 heteroatoms. The van der Waals surface area contributed by atoms with Crippen LogP contribution >= 0.6 is 15.9 Å². The molecule has 1 aromatic carbocycles. The van der Waals surface area contributed by atoms with Crippen LogP contribution in [0.5, 0.6) is 0 Å². The standard InChI is InChI=1S/C13H19BrN2O2S/c1-2-11-4-3-7-16(11)19(17,18)13-8-10(9-15)5-6-12(13)14/h5-6,8,11H,2-4,7,9,15H2,1H3. The Morgan fingerprint density at radius 3 is 2.84 bits per heavy atom. The maximum absolute atomic E-state index is 12.7. The third kappa shape index (κ3) is 2.86. The molecule has 0 bridgehead atoms. The van der Waals surface area contributed by atoms with Crippen LogP contribution in [0.25, 0.3) is 0 Å². The minimum atomic E-state index is -3.43. The first-order valence-electron chi connectivity index (χ1n) is 6.51. The average molecular weight is 347 g/mol. The van der Waals surface area contributed by atoms with Gasteiger partial charge in [0.15, 0.2) is 0 Å². The molecule has 1 heterocycles. The maximum Gasteiger partial charge on any atom is 0.244 e. The van der Waals surface area contributed by atoms with Crippen molar-refractivity contribution in [2.45, 2.75) is 43.7 Å². The molecule has 0 radical (unpaired) electrons. The lowest BCUT2D eigenvalue weighted by atomic mass is 10.2. The second-order valence-electron chi connectivity index (χ2n) is 4.79. The molecular weight excluding hydrogens is 328 g/mol. The molecule has 1 aliphatic heterocycles. The van der Waals surface area contributed by atoms with Crippen LogP contribution in [-0.2, 0) is 16.6 Å². The number of sulfonamides is 1. The van der Waals surface area contributed by atoms with Gasteiger partial charge >= 0.3 is 0 Å². The first kappa shape index (κ1) is 15.0. The zero-order valence-corrected chi connectivity index (χ0v) is 13.4. The third-order valence-electron chi connectivity index (χ3n) is 3.61. The smallest absolute Gasteiger partial charge is 0.244 e. The Kier molecular flexibility index (Phi) is 4.66.